The SMILES string of the molecule is O=C(NCc1ccn(-c2ccc(F)cc2)n1)N[C@@H]1CCCSC1. The smallest absolute Gasteiger partial charge is 0.315 e. The number of aromatic nitrogens is 2. The molecule has 1 aliphatic heterocycles. The van der Waals surface area contributed by atoms with E-state index in [0.717, 1.165) is 30.0 Å². The molecule has 0 aliphatic carbocycles. The van der Waals surface area contributed by atoms with Gasteiger partial charge in [-0.3, -0.25) is 0 Å². The van der Waals surface area contributed by atoms with Crippen LogP contribution in [0.25, 0.3) is 5.69 Å². The lowest BCUT2D eigenvalue weighted by atomic mass is 10.2. The number of rotatable bonds is 4. The second kappa shape index (κ2) is 7.50. The van der Waals surface area contributed by atoms with E-state index in [2.05, 4.69) is 15.7 Å². The van der Waals surface area contributed by atoms with Crippen LogP contribution >= 0.6 is 11.8 Å². The predicted molar refractivity (Wildman–Crippen MR) is 89.2 cm³/mol. The van der Waals surface area contributed by atoms with Crippen LogP contribution in [0.15, 0.2) is 36.5 Å². The zero-order valence-electron chi connectivity index (χ0n) is 12.7. The Hall–Kier alpha value is -2.02. The van der Waals surface area contributed by atoms with Crippen LogP contribution in [0, 0.1) is 5.82 Å². The minimum absolute atomic E-state index is 0.158. The molecular weight excluding hydrogens is 315 g/mol. The van der Waals surface area contributed by atoms with E-state index in [4.69, 9.17) is 0 Å². The number of benzene rings is 1. The topological polar surface area (TPSA) is 59.0 Å². The number of nitrogens with zero attached hydrogens (tertiary/aromatic N) is 2. The molecule has 2 N–H and O–H groups in total. The first kappa shape index (κ1) is 15.9. The summed E-state index contributed by atoms with van der Waals surface area (Å²) in [6.07, 6.45) is 3.98. The number of urea groups is 1. The maximum absolute atomic E-state index is 12.9. The first-order chi connectivity index (χ1) is 11.2. The molecule has 3 rings (SSSR count). The van der Waals surface area contributed by atoms with E-state index in [-0.39, 0.29) is 17.9 Å². The van der Waals surface area contributed by atoms with Crippen LogP contribution in [0.2, 0.25) is 0 Å². The number of hydrogen-bond acceptors (Lipinski definition) is 3. The van der Waals surface area contributed by atoms with Crippen molar-refractivity contribution >= 4 is 17.8 Å². The minimum atomic E-state index is -0.277. The van der Waals surface area contributed by atoms with Gasteiger partial charge in [0.25, 0.3) is 0 Å². The zero-order valence-corrected chi connectivity index (χ0v) is 13.5. The zero-order chi connectivity index (χ0) is 16.1. The molecule has 122 valence electrons. The molecule has 2 aromatic rings. The van der Waals surface area contributed by atoms with Gasteiger partial charge in [0.2, 0.25) is 0 Å². The largest absolute Gasteiger partial charge is 0.335 e. The van der Waals surface area contributed by atoms with Gasteiger partial charge in [0.1, 0.15) is 5.82 Å². The second-order valence-corrected chi connectivity index (χ2v) is 6.62. The summed E-state index contributed by atoms with van der Waals surface area (Å²) in [5.74, 6) is 1.88. The fourth-order valence-corrected chi connectivity index (χ4v) is 3.53. The van der Waals surface area contributed by atoms with Gasteiger partial charge >= 0.3 is 6.03 Å². The molecule has 2 amide bonds. The molecule has 1 aromatic carbocycles. The van der Waals surface area contributed by atoms with Crippen LogP contribution < -0.4 is 10.6 Å². The van der Waals surface area contributed by atoms with Crippen molar-refractivity contribution in [2.45, 2.75) is 25.4 Å². The molecule has 1 saturated heterocycles. The van der Waals surface area contributed by atoms with Gasteiger partial charge in [0.05, 0.1) is 17.9 Å². The summed E-state index contributed by atoms with van der Waals surface area (Å²) in [6, 6.07) is 8.04. The Balaban J connectivity index is 1.50. The van der Waals surface area contributed by atoms with Gasteiger partial charge in [-0.1, -0.05) is 0 Å². The highest BCUT2D eigenvalue weighted by molar-refractivity contribution is 7.99. The number of thioether (sulfide) groups is 1. The van der Waals surface area contributed by atoms with Crippen molar-refractivity contribution in [3.63, 3.8) is 0 Å². The lowest BCUT2D eigenvalue weighted by Crippen LogP contribution is -2.44. The first-order valence-corrected chi connectivity index (χ1v) is 8.79. The maximum Gasteiger partial charge on any atom is 0.315 e. The first-order valence-electron chi connectivity index (χ1n) is 7.63. The van der Waals surface area contributed by atoms with Gasteiger partial charge in [0, 0.05) is 18.0 Å². The predicted octanol–water partition coefficient (Wildman–Crippen LogP) is 2.71. The number of amides is 2. The third-order valence-corrected chi connectivity index (χ3v) is 4.88. The van der Waals surface area contributed by atoms with Gasteiger partial charge < -0.3 is 10.6 Å². The van der Waals surface area contributed by atoms with Gasteiger partial charge in [-0.15, -0.1) is 0 Å². The Bertz CT molecular complexity index is 652. The van der Waals surface area contributed by atoms with Gasteiger partial charge in [-0.25, -0.2) is 13.9 Å². The Morgan fingerprint density at radius 1 is 1.35 bits per heavy atom. The lowest BCUT2D eigenvalue weighted by molar-refractivity contribution is 0.236. The fourth-order valence-electron chi connectivity index (χ4n) is 2.46. The third-order valence-electron chi connectivity index (χ3n) is 3.66. The Morgan fingerprint density at radius 3 is 2.91 bits per heavy atom. The molecule has 2 heterocycles. The summed E-state index contributed by atoms with van der Waals surface area (Å²) < 4.78 is 14.6. The molecule has 0 unspecified atom stereocenters. The Kier molecular flexibility index (Phi) is 5.17. The van der Waals surface area contributed by atoms with E-state index >= 15 is 0 Å². The summed E-state index contributed by atoms with van der Waals surface area (Å²) in [5.41, 5.74) is 1.53. The number of hydrogen-bond donors (Lipinski definition) is 2. The van der Waals surface area contributed by atoms with Crippen molar-refractivity contribution in [1.29, 1.82) is 0 Å². The molecule has 1 aromatic heterocycles. The van der Waals surface area contributed by atoms with Crippen LogP contribution in [-0.4, -0.2) is 33.4 Å². The summed E-state index contributed by atoms with van der Waals surface area (Å²) in [6.45, 7) is 0.361. The minimum Gasteiger partial charge on any atom is -0.335 e. The number of halogens is 1. The lowest BCUT2D eigenvalue weighted by Gasteiger charge is -2.22. The van der Waals surface area contributed by atoms with Gasteiger partial charge in [0.15, 0.2) is 0 Å². The summed E-state index contributed by atoms with van der Waals surface area (Å²) in [5, 5.41) is 10.2. The summed E-state index contributed by atoms with van der Waals surface area (Å²) in [4.78, 5) is 11.9. The van der Waals surface area contributed by atoms with Crippen LogP contribution in [0.4, 0.5) is 9.18 Å². The van der Waals surface area contributed by atoms with Gasteiger partial charge in [-0.2, -0.15) is 16.9 Å². The van der Waals surface area contributed by atoms with Crippen molar-refractivity contribution in [3.8, 4) is 5.69 Å². The molecule has 23 heavy (non-hydrogen) atoms. The average molecular weight is 334 g/mol. The molecule has 0 radical (unpaired) electrons. The normalized spacial score (nSPS) is 17.7. The highest BCUT2D eigenvalue weighted by Crippen LogP contribution is 2.16. The van der Waals surface area contributed by atoms with Crippen molar-refractivity contribution in [3.05, 3.63) is 48.0 Å². The third kappa shape index (κ3) is 4.48. The van der Waals surface area contributed by atoms with Crippen molar-refractivity contribution in [2.75, 3.05) is 11.5 Å². The highest BCUT2D eigenvalue weighted by Gasteiger charge is 2.15. The van der Waals surface area contributed by atoms with Crippen LogP contribution in [0.5, 0.6) is 0 Å². The summed E-state index contributed by atoms with van der Waals surface area (Å²) in [7, 11) is 0. The number of nitrogens with one attached hydrogen (secondary N) is 2. The molecule has 1 fully saturated rings. The molecule has 5 nitrogen and oxygen atoms in total. The fraction of sp³-hybridized carbons (Fsp3) is 0.375. The van der Waals surface area contributed by atoms with Crippen LogP contribution in [0.1, 0.15) is 18.5 Å². The average Bonchev–Trinajstić information content (AvgIpc) is 3.04. The quantitative estimate of drug-likeness (QED) is 0.904. The molecule has 0 saturated carbocycles. The second-order valence-electron chi connectivity index (χ2n) is 5.47. The number of carbonyl (C=O) groups excluding carboxylic acids is 1. The van der Waals surface area contributed by atoms with E-state index in [9.17, 15) is 9.18 Å². The molecular formula is C16H19FN4OS. The Labute approximate surface area is 138 Å². The van der Waals surface area contributed by atoms with E-state index in [1.54, 1.807) is 23.0 Å². The van der Waals surface area contributed by atoms with E-state index in [1.165, 1.54) is 17.9 Å². The standard InChI is InChI=1S/C16H19FN4OS/c17-12-3-5-15(6-4-12)21-8-7-13(20-21)10-18-16(22)19-14-2-1-9-23-11-14/h3-8,14H,1-2,9-11H2,(H2,18,19,22)/t14-/m1/s1. The van der Waals surface area contributed by atoms with E-state index in [1.807, 2.05) is 17.8 Å². The molecule has 0 spiro atoms. The van der Waals surface area contributed by atoms with E-state index in [0.29, 0.717) is 6.54 Å². The van der Waals surface area contributed by atoms with Crippen molar-refractivity contribution in [2.24, 2.45) is 0 Å². The highest BCUT2D eigenvalue weighted by atomic mass is 32.2. The molecule has 0 bridgehead atoms. The summed E-state index contributed by atoms with van der Waals surface area (Å²) >= 11 is 1.88. The van der Waals surface area contributed by atoms with Gasteiger partial charge in [-0.05, 0) is 48.9 Å². The van der Waals surface area contributed by atoms with E-state index < -0.39 is 0 Å². The van der Waals surface area contributed by atoms with Crippen LogP contribution in [-0.2, 0) is 6.54 Å². The Morgan fingerprint density at radius 2 is 2.17 bits per heavy atom. The van der Waals surface area contributed by atoms with Crippen molar-refractivity contribution < 1.29 is 9.18 Å². The number of carbonyl (C=O) groups is 1. The van der Waals surface area contributed by atoms with Crippen molar-refractivity contribution in [1.82, 2.24) is 20.4 Å². The van der Waals surface area contributed by atoms with Crippen LogP contribution in [0.3, 0.4) is 0 Å². The monoisotopic (exact) mass is 334 g/mol. The molecule has 7 heteroatoms. The molecule has 1 aliphatic rings. The molecule has 1 atom stereocenters. The maximum atomic E-state index is 12.9.